The van der Waals surface area contributed by atoms with Crippen LogP contribution in [-0.4, -0.2) is 20.3 Å². The van der Waals surface area contributed by atoms with E-state index in [0.29, 0.717) is 5.41 Å². The van der Waals surface area contributed by atoms with E-state index in [-0.39, 0.29) is 0 Å². The molecule has 16 heavy (non-hydrogen) atoms. The molecule has 1 aliphatic carbocycles. The topological polar surface area (TPSA) is 21.3 Å². The van der Waals surface area contributed by atoms with Crippen molar-refractivity contribution in [3.8, 4) is 0 Å². The first-order chi connectivity index (χ1) is 7.85. The quantitative estimate of drug-likeness (QED) is 0.816. The van der Waals surface area contributed by atoms with E-state index in [1.165, 1.54) is 37.8 Å². The molecule has 3 heteroatoms. The van der Waals surface area contributed by atoms with Crippen molar-refractivity contribution in [1.29, 1.82) is 0 Å². The molecule has 1 aromatic rings. The third-order valence-electron chi connectivity index (χ3n) is 3.69. The van der Waals surface area contributed by atoms with E-state index in [2.05, 4.69) is 22.1 Å². The monoisotopic (exact) mass is 239 g/mol. The minimum absolute atomic E-state index is 0.484. The van der Waals surface area contributed by atoms with Crippen LogP contribution in [0, 0.1) is 5.41 Å². The molecule has 0 bridgehead atoms. The number of hydrogen-bond acceptors (Lipinski definition) is 3. The van der Waals surface area contributed by atoms with Gasteiger partial charge in [-0.2, -0.15) is 11.3 Å². The number of thiophene rings is 1. The van der Waals surface area contributed by atoms with E-state index in [0.717, 1.165) is 13.2 Å². The summed E-state index contributed by atoms with van der Waals surface area (Å²) in [6, 6.07) is 2.16. The minimum Gasteiger partial charge on any atom is -0.385 e. The van der Waals surface area contributed by atoms with Gasteiger partial charge < -0.3 is 10.1 Å². The van der Waals surface area contributed by atoms with Crippen molar-refractivity contribution in [3.05, 3.63) is 16.8 Å². The second-order valence-corrected chi connectivity index (χ2v) is 5.60. The van der Waals surface area contributed by atoms with Crippen LogP contribution in [0.5, 0.6) is 0 Å². The average Bonchev–Trinajstić information content (AvgIpc) is 2.96. The Kier molecular flexibility index (Phi) is 4.24. The Balaban J connectivity index is 1.87. The largest absolute Gasteiger partial charge is 0.385 e. The van der Waals surface area contributed by atoms with Crippen LogP contribution in [0.15, 0.2) is 16.8 Å². The first-order valence-corrected chi connectivity index (χ1v) is 7.04. The summed E-state index contributed by atoms with van der Waals surface area (Å²) in [5, 5.41) is 7.87. The van der Waals surface area contributed by atoms with Crippen molar-refractivity contribution in [2.24, 2.45) is 5.41 Å². The molecule has 0 aromatic carbocycles. The Hall–Kier alpha value is -0.540. The third-order valence-corrected chi connectivity index (χ3v) is 4.37. The van der Waals surface area contributed by atoms with Gasteiger partial charge in [0.25, 0.3) is 0 Å². The number of hydrogen-bond donors (Lipinski definition) is 1. The molecule has 1 aliphatic rings. The highest BCUT2D eigenvalue weighted by Gasteiger charge is 2.33. The molecule has 0 atom stereocenters. The van der Waals surface area contributed by atoms with Crippen LogP contribution in [0.4, 0.5) is 5.69 Å². The first-order valence-electron chi connectivity index (χ1n) is 6.10. The summed E-state index contributed by atoms with van der Waals surface area (Å²) in [5.41, 5.74) is 1.76. The van der Waals surface area contributed by atoms with Gasteiger partial charge in [-0.05, 0) is 36.1 Å². The molecule has 1 heterocycles. The highest BCUT2D eigenvalue weighted by atomic mass is 32.1. The Morgan fingerprint density at radius 2 is 2.25 bits per heavy atom. The van der Waals surface area contributed by atoms with Crippen LogP contribution in [0.3, 0.4) is 0 Å². The molecular weight excluding hydrogens is 218 g/mol. The second kappa shape index (κ2) is 5.69. The molecule has 0 unspecified atom stereocenters. The lowest BCUT2D eigenvalue weighted by Gasteiger charge is -2.29. The van der Waals surface area contributed by atoms with E-state index in [1.807, 2.05) is 0 Å². The zero-order chi connectivity index (χ0) is 11.3. The van der Waals surface area contributed by atoms with E-state index in [4.69, 9.17) is 4.74 Å². The number of nitrogens with one attached hydrogen (secondary N) is 1. The van der Waals surface area contributed by atoms with E-state index >= 15 is 0 Å². The molecule has 0 radical (unpaired) electrons. The highest BCUT2D eigenvalue weighted by Crippen LogP contribution is 2.41. The van der Waals surface area contributed by atoms with Crippen LogP contribution in [-0.2, 0) is 4.74 Å². The third kappa shape index (κ3) is 2.98. The van der Waals surface area contributed by atoms with Crippen molar-refractivity contribution in [3.63, 3.8) is 0 Å². The Morgan fingerprint density at radius 1 is 1.44 bits per heavy atom. The van der Waals surface area contributed by atoms with Crippen LogP contribution in [0.1, 0.15) is 32.1 Å². The van der Waals surface area contributed by atoms with Gasteiger partial charge in [0.05, 0.1) is 0 Å². The summed E-state index contributed by atoms with van der Waals surface area (Å²) in [6.45, 7) is 2.00. The van der Waals surface area contributed by atoms with E-state index < -0.39 is 0 Å². The van der Waals surface area contributed by atoms with Crippen molar-refractivity contribution < 1.29 is 4.74 Å². The number of methoxy groups -OCH3 is 1. The molecule has 1 N–H and O–H groups in total. The zero-order valence-corrected chi connectivity index (χ0v) is 10.8. The van der Waals surface area contributed by atoms with Crippen molar-refractivity contribution in [1.82, 2.24) is 0 Å². The molecule has 0 aliphatic heterocycles. The van der Waals surface area contributed by atoms with Crippen LogP contribution >= 0.6 is 11.3 Å². The fraction of sp³-hybridized carbons (Fsp3) is 0.692. The van der Waals surface area contributed by atoms with E-state index in [1.54, 1.807) is 18.4 Å². The molecule has 2 rings (SSSR count). The van der Waals surface area contributed by atoms with Crippen LogP contribution < -0.4 is 5.32 Å². The fourth-order valence-corrected chi connectivity index (χ4v) is 3.23. The number of ether oxygens (including phenoxy) is 1. The fourth-order valence-electron chi connectivity index (χ4n) is 2.61. The smallest absolute Gasteiger partial charge is 0.0468 e. The standard InChI is InChI=1S/C13H21NOS/c1-15-8-7-13(5-2-3-6-13)11-14-12-4-9-16-10-12/h4,9-10,14H,2-3,5-8,11H2,1H3. The highest BCUT2D eigenvalue weighted by molar-refractivity contribution is 7.08. The van der Waals surface area contributed by atoms with Gasteiger partial charge in [0.2, 0.25) is 0 Å². The molecule has 0 amide bonds. The second-order valence-electron chi connectivity index (χ2n) is 4.82. The molecule has 1 fully saturated rings. The van der Waals surface area contributed by atoms with Gasteiger partial charge >= 0.3 is 0 Å². The van der Waals surface area contributed by atoms with Gasteiger partial charge in [0.15, 0.2) is 0 Å². The van der Waals surface area contributed by atoms with Crippen LogP contribution in [0.2, 0.25) is 0 Å². The minimum atomic E-state index is 0.484. The van der Waals surface area contributed by atoms with Gasteiger partial charge in [-0.1, -0.05) is 12.8 Å². The maximum absolute atomic E-state index is 5.24. The molecule has 1 saturated carbocycles. The molecular formula is C13H21NOS. The summed E-state index contributed by atoms with van der Waals surface area (Å²) in [5.74, 6) is 0. The summed E-state index contributed by atoms with van der Waals surface area (Å²) < 4.78 is 5.24. The first kappa shape index (κ1) is 11.9. The summed E-state index contributed by atoms with van der Waals surface area (Å²) in [4.78, 5) is 0. The molecule has 90 valence electrons. The molecule has 0 saturated heterocycles. The van der Waals surface area contributed by atoms with Crippen molar-refractivity contribution in [2.75, 3.05) is 25.6 Å². The van der Waals surface area contributed by atoms with Crippen LogP contribution in [0.25, 0.3) is 0 Å². The Labute approximate surface area is 102 Å². The lowest BCUT2D eigenvalue weighted by Crippen LogP contribution is -2.28. The molecule has 0 spiro atoms. The summed E-state index contributed by atoms with van der Waals surface area (Å²) in [6.07, 6.45) is 6.67. The summed E-state index contributed by atoms with van der Waals surface area (Å²) in [7, 11) is 1.80. The predicted molar refractivity (Wildman–Crippen MR) is 70.2 cm³/mol. The molecule has 1 aromatic heterocycles. The lowest BCUT2D eigenvalue weighted by molar-refractivity contribution is 0.143. The van der Waals surface area contributed by atoms with Gasteiger partial charge in [-0.25, -0.2) is 0 Å². The van der Waals surface area contributed by atoms with Gasteiger partial charge in [-0.15, -0.1) is 0 Å². The lowest BCUT2D eigenvalue weighted by atomic mass is 9.83. The normalized spacial score (nSPS) is 18.8. The molecule has 2 nitrogen and oxygen atoms in total. The number of rotatable bonds is 6. The maximum Gasteiger partial charge on any atom is 0.0468 e. The predicted octanol–water partition coefficient (Wildman–Crippen LogP) is 3.76. The summed E-state index contributed by atoms with van der Waals surface area (Å²) >= 11 is 1.75. The zero-order valence-electron chi connectivity index (χ0n) is 10.00. The Bertz CT molecular complexity index is 291. The average molecular weight is 239 g/mol. The van der Waals surface area contributed by atoms with Gasteiger partial charge in [0.1, 0.15) is 0 Å². The van der Waals surface area contributed by atoms with E-state index in [9.17, 15) is 0 Å². The van der Waals surface area contributed by atoms with Gasteiger partial charge in [-0.3, -0.25) is 0 Å². The van der Waals surface area contributed by atoms with Crippen molar-refractivity contribution >= 4 is 17.0 Å². The van der Waals surface area contributed by atoms with Gasteiger partial charge in [0, 0.05) is 31.3 Å². The van der Waals surface area contributed by atoms with Crippen molar-refractivity contribution in [2.45, 2.75) is 32.1 Å². The maximum atomic E-state index is 5.24. The Morgan fingerprint density at radius 3 is 2.88 bits per heavy atom. The SMILES string of the molecule is COCCC1(CNc2ccsc2)CCCC1. The number of anilines is 1.